The number of amides is 1. The molecule has 0 aliphatic carbocycles. The highest BCUT2D eigenvalue weighted by Gasteiger charge is 2.32. The first kappa shape index (κ1) is 16.6. The number of nitrogens with one attached hydrogen (secondary N) is 1. The first-order valence-corrected chi connectivity index (χ1v) is 8.92. The molecule has 2 fully saturated rings. The second-order valence-corrected chi connectivity index (χ2v) is 6.84. The van der Waals surface area contributed by atoms with E-state index in [2.05, 4.69) is 10.2 Å². The van der Waals surface area contributed by atoms with Gasteiger partial charge in [0.15, 0.2) is 6.29 Å². The van der Waals surface area contributed by atoms with Crippen LogP contribution in [0.4, 0.5) is 0 Å². The first-order chi connectivity index (χ1) is 12.2. The van der Waals surface area contributed by atoms with Crippen molar-refractivity contribution < 1.29 is 14.3 Å². The van der Waals surface area contributed by atoms with E-state index in [1.54, 1.807) is 18.3 Å². The molecule has 2 saturated heterocycles. The first-order valence-electron chi connectivity index (χ1n) is 8.54. The molecule has 0 saturated carbocycles. The lowest BCUT2D eigenvalue weighted by molar-refractivity contribution is -0.0956. The zero-order valence-electron chi connectivity index (χ0n) is 13.8. The van der Waals surface area contributed by atoms with Gasteiger partial charge < -0.3 is 14.4 Å². The minimum Gasteiger partial charge on any atom is -0.350 e. The number of hydrogen-bond donors (Lipinski definition) is 1. The third kappa shape index (κ3) is 3.42. The molecule has 4 rings (SSSR count). The summed E-state index contributed by atoms with van der Waals surface area (Å²) in [5, 5.41) is 7.67. The van der Waals surface area contributed by atoms with Crippen molar-refractivity contribution in [1.29, 1.82) is 0 Å². The largest absolute Gasteiger partial charge is 0.350 e. The molecule has 0 atom stereocenters. The predicted molar refractivity (Wildman–Crippen MR) is 93.4 cm³/mol. The Bertz CT molecular complexity index is 732. The summed E-state index contributed by atoms with van der Waals surface area (Å²) in [5.41, 5.74) is 2.22. The zero-order valence-corrected chi connectivity index (χ0v) is 14.5. The second kappa shape index (κ2) is 7.15. The normalized spacial score (nSPS) is 19.5. The van der Waals surface area contributed by atoms with Crippen molar-refractivity contribution in [2.24, 2.45) is 5.92 Å². The van der Waals surface area contributed by atoms with Crippen molar-refractivity contribution >= 4 is 17.5 Å². The van der Waals surface area contributed by atoms with Crippen LogP contribution in [0.25, 0.3) is 11.3 Å². The number of hydrogen-bond acceptors (Lipinski definition) is 4. The number of aromatic nitrogens is 2. The molecule has 7 heteroatoms. The third-order valence-corrected chi connectivity index (χ3v) is 5.11. The quantitative estimate of drug-likeness (QED) is 0.912. The average molecular weight is 362 g/mol. The number of ether oxygens (including phenoxy) is 2. The lowest BCUT2D eigenvalue weighted by Gasteiger charge is -2.33. The zero-order chi connectivity index (χ0) is 17.2. The molecule has 2 aliphatic heterocycles. The summed E-state index contributed by atoms with van der Waals surface area (Å²) in [4.78, 5) is 14.8. The van der Waals surface area contributed by atoms with Crippen molar-refractivity contribution in [3.63, 3.8) is 0 Å². The Labute approximate surface area is 151 Å². The fourth-order valence-electron chi connectivity index (χ4n) is 3.48. The smallest absolute Gasteiger partial charge is 0.257 e. The van der Waals surface area contributed by atoms with E-state index in [1.165, 1.54) is 0 Å². The molecular formula is C18H20ClN3O3. The van der Waals surface area contributed by atoms with Gasteiger partial charge in [0.05, 0.1) is 30.7 Å². The van der Waals surface area contributed by atoms with Gasteiger partial charge in [-0.05, 0) is 25.0 Å². The molecule has 2 aliphatic rings. The van der Waals surface area contributed by atoms with Gasteiger partial charge in [0.25, 0.3) is 5.91 Å². The van der Waals surface area contributed by atoms with Crippen LogP contribution in [0.5, 0.6) is 0 Å². The van der Waals surface area contributed by atoms with E-state index in [0.717, 1.165) is 24.1 Å². The van der Waals surface area contributed by atoms with E-state index in [0.29, 0.717) is 42.8 Å². The summed E-state index contributed by atoms with van der Waals surface area (Å²) in [6.07, 6.45) is 3.28. The molecule has 1 aromatic heterocycles. The fraction of sp³-hybridized carbons (Fsp3) is 0.444. The van der Waals surface area contributed by atoms with Crippen LogP contribution in [-0.2, 0) is 9.47 Å². The van der Waals surface area contributed by atoms with E-state index in [-0.39, 0.29) is 12.2 Å². The van der Waals surface area contributed by atoms with Gasteiger partial charge in [-0.15, -0.1) is 0 Å². The van der Waals surface area contributed by atoms with Crippen molar-refractivity contribution in [3.05, 3.63) is 41.0 Å². The Morgan fingerprint density at radius 1 is 1.16 bits per heavy atom. The van der Waals surface area contributed by atoms with Crippen LogP contribution in [0.1, 0.15) is 23.2 Å². The Hall–Kier alpha value is -1.89. The van der Waals surface area contributed by atoms with Gasteiger partial charge in [-0.25, -0.2) is 0 Å². The highest BCUT2D eigenvalue weighted by Crippen LogP contribution is 2.28. The Morgan fingerprint density at radius 3 is 2.52 bits per heavy atom. The van der Waals surface area contributed by atoms with Crippen molar-refractivity contribution in [2.75, 3.05) is 26.3 Å². The summed E-state index contributed by atoms with van der Waals surface area (Å²) in [5.74, 6) is 0.372. The number of carbonyl (C=O) groups excluding carboxylic acids is 1. The monoisotopic (exact) mass is 361 g/mol. The second-order valence-electron chi connectivity index (χ2n) is 6.41. The molecule has 0 unspecified atom stereocenters. The molecule has 1 aromatic carbocycles. The maximum atomic E-state index is 12.9. The van der Waals surface area contributed by atoms with Crippen LogP contribution in [0.3, 0.4) is 0 Å². The highest BCUT2D eigenvalue weighted by molar-refractivity contribution is 6.30. The molecule has 2 aromatic rings. The van der Waals surface area contributed by atoms with Crippen molar-refractivity contribution in [1.82, 2.24) is 15.1 Å². The molecule has 0 radical (unpaired) electrons. The van der Waals surface area contributed by atoms with Gasteiger partial charge >= 0.3 is 0 Å². The maximum absolute atomic E-state index is 12.9. The lowest BCUT2D eigenvalue weighted by Crippen LogP contribution is -2.41. The average Bonchev–Trinajstić information content (AvgIpc) is 3.34. The maximum Gasteiger partial charge on any atom is 0.257 e. The van der Waals surface area contributed by atoms with E-state index < -0.39 is 0 Å². The van der Waals surface area contributed by atoms with Crippen LogP contribution in [0.2, 0.25) is 5.02 Å². The molecule has 132 valence electrons. The number of halogens is 1. The number of piperidine rings is 1. The van der Waals surface area contributed by atoms with Crippen LogP contribution in [0, 0.1) is 5.92 Å². The lowest BCUT2D eigenvalue weighted by atomic mass is 9.95. The molecule has 0 bridgehead atoms. The number of benzene rings is 1. The minimum absolute atomic E-state index is 0.00501. The summed E-state index contributed by atoms with van der Waals surface area (Å²) in [6.45, 7) is 2.75. The summed E-state index contributed by atoms with van der Waals surface area (Å²) in [7, 11) is 0. The van der Waals surface area contributed by atoms with E-state index in [4.69, 9.17) is 21.1 Å². The number of rotatable bonds is 3. The third-order valence-electron chi connectivity index (χ3n) is 4.86. The number of H-pyrrole nitrogens is 1. The Kier molecular flexibility index (Phi) is 4.74. The van der Waals surface area contributed by atoms with Crippen molar-refractivity contribution in [2.45, 2.75) is 19.1 Å². The molecule has 6 nitrogen and oxygen atoms in total. The van der Waals surface area contributed by atoms with E-state index >= 15 is 0 Å². The molecular weight excluding hydrogens is 342 g/mol. The standard InChI is InChI=1S/C18H20ClN3O3/c19-14-3-1-12(2-4-14)16-15(11-20-21-16)17(23)22-7-5-13(6-8-22)18-24-9-10-25-18/h1-4,11,13,18H,5-10H2,(H,20,21). The number of carbonyl (C=O) groups is 1. The van der Waals surface area contributed by atoms with Gasteiger partial charge in [0, 0.05) is 29.6 Å². The highest BCUT2D eigenvalue weighted by atomic mass is 35.5. The van der Waals surface area contributed by atoms with Gasteiger partial charge in [-0.3, -0.25) is 9.89 Å². The van der Waals surface area contributed by atoms with Gasteiger partial charge in [0.2, 0.25) is 0 Å². The Balaban J connectivity index is 1.45. The topological polar surface area (TPSA) is 67.5 Å². The summed E-state index contributed by atoms with van der Waals surface area (Å²) < 4.78 is 11.2. The minimum atomic E-state index is -0.101. The summed E-state index contributed by atoms with van der Waals surface area (Å²) in [6, 6.07) is 7.37. The molecule has 1 amide bonds. The van der Waals surface area contributed by atoms with Gasteiger partial charge in [-0.1, -0.05) is 23.7 Å². The number of aromatic amines is 1. The summed E-state index contributed by atoms with van der Waals surface area (Å²) >= 11 is 5.94. The van der Waals surface area contributed by atoms with Crippen LogP contribution < -0.4 is 0 Å². The van der Waals surface area contributed by atoms with Crippen LogP contribution >= 0.6 is 11.6 Å². The van der Waals surface area contributed by atoms with E-state index in [9.17, 15) is 4.79 Å². The number of likely N-dealkylation sites (tertiary alicyclic amines) is 1. The van der Waals surface area contributed by atoms with Crippen LogP contribution in [0.15, 0.2) is 30.5 Å². The SMILES string of the molecule is O=C(c1cn[nH]c1-c1ccc(Cl)cc1)N1CCC(C2OCCO2)CC1. The molecule has 1 N–H and O–H groups in total. The molecule has 0 spiro atoms. The fourth-order valence-corrected chi connectivity index (χ4v) is 3.60. The van der Waals surface area contributed by atoms with Crippen LogP contribution in [-0.4, -0.2) is 53.6 Å². The van der Waals surface area contributed by atoms with E-state index in [1.807, 2.05) is 17.0 Å². The number of nitrogens with zero attached hydrogens (tertiary/aromatic N) is 2. The molecule has 3 heterocycles. The Morgan fingerprint density at radius 2 is 1.84 bits per heavy atom. The van der Waals surface area contributed by atoms with Crippen molar-refractivity contribution in [3.8, 4) is 11.3 Å². The molecule has 25 heavy (non-hydrogen) atoms. The predicted octanol–water partition coefficient (Wildman–Crippen LogP) is 2.96. The van der Waals surface area contributed by atoms with Gasteiger partial charge in [0.1, 0.15) is 0 Å². The van der Waals surface area contributed by atoms with Gasteiger partial charge in [-0.2, -0.15) is 5.10 Å².